The predicted octanol–water partition coefficient (Wildman–Crippen LogP) is -0.770. The second kappa shape index (κ2) is 3.15. The third kappa shape index (κ3) is 1.93. The first-order valence-corrected chi connectivity index (χ1v) is 3.40. The zero-order valence-corrected chi connectivity index (χ0v) is 5.80. The molecular weight excluding hydrogens is 116 g/mol. The first-order chi connectivity index (χ1) is 4.30. The van der Waals surface area contributed by atoms with Crippen molar-refractivity contribution in [3.63, 3.8) is 0 Å². The molecule has 0 amide bonds. The van der Waals surface area contributed by atoms with E-state index in [0.717, 1.165) is 26.1 Å². The summed E-state index contributed by atoms with van der Waals surface area (Å²) in [6.07, 6.45) is 0.608. The Labute approximate surface area is 55.7 Å². The van der Waals surface area contributed by atoms with E-state index in [1.54, 1.807) is 0 Å². The summed E-state index contributed by atoms with van der Waals surface area (Å²) < 4.78 is 0. The molecule has 0 aromatic rings. The Morgan fingerprint density at radius 2 is 2.33 bits per heavy atom. The van der Waals surface area contributed by atoms with Gasteiger partial charge in [0.1, 0.15) is 6.23 Å². The molecule has 1 saturated heterocycles. The SMILES string of the molecule is CN1CCNCCC1O. The third-order valence-corrected chi connectivity index (χ3v) is 1.73. The Bertz CT molecular complexity index is 77.1. The van der Waals surface area contributed by atoms with Gasteiger partial charge in [-0.2, -0.15) is 0 Å². The number of hydrogen-bond donors (Lipinski definition) is 2. The van der Waals surface area contributed by atoms with E-state index in [2.05, 4.69) is 5.32 Å². The maximum atomic E-state index is 9.24. The molecule has 9 heavy (non-hydrogen) atoms. The van der Waals surface area contributed by atoms with Crippen LogP contribution in [0.4, 0.5) is 0 Å². The average Bonchev–Trinajstić information content (AvgIpc) is 1.99. The molecule has 0 aromatic heterocycles. The highest BCUT2D eigenvalue weighted by atomic mass is 16.3. The van der Waals surface area contributed by atoms with Crippen molar-refractivity contribution in [2.75, 3.05) is 26.7 Å². The minimum Gasteiger partial charge on any atom is -0.378 e. The van der Waals surface area contributed by atoms with Gasteiger partial charge in [0.15, 0.2) is 0 Å². The highest BCUT2D eigenvalue weighted by molar-refractivity contribution is 4.64. The lowest BCUT2D eigenvalue weighted by Crippen LogP contribution is -2.31. The van der Waals surface area contributed by atoms with E-state index >= 15 is 0 Å². The van der Waals surface area contributed by atoms with Crippen LogP contribution in [-0.2, 0) is 0 Å². The Hall–Kier alpha value is -0.120. The van der Waals surface area contributed by atoms with Crippen molar-refractivity contribution < 1.29 is 5.11 Å². The molecule has 0 bridgehead atoms. The highest BCUT2D eigenvalue weighted by Gasteiger charge is 2.12. The van der Waals surface area contributed by atoms with Crippen LogP contribution in [0.25, 0.3) is 0 Å². The second-order valence-electron chi connectivity index (χ2n) is 2.50. The summed E-state index contributed by atoms with van der Waals surface area (Å²) in [7, 11) is 1.94. The zero-order valence-electron chi connectivity index (χ0n) is 5.80. The molecule has 1 unspecified atom stereocenters. The monoisotopic (exact) mass is 130 g/mol. The van der Waals surface area contributed by atoms with Gasteiger partial charge in [-0.05, 0) is 20.0 Å². The van der Waals surface area contributed by atoms with Crippen molar-refractivity contribution >= 4 is 0 Å². The van der Waals surface area contributed by atoms with Crippen LogP contribution in [0.3, 0.4) is 0 Å². The number of nitrogens with one attached hydrogen (secondary N) is 1. The fourth-order valence-electron chi connectivity index (χ4n) is 0.981. The Balaban J connectivity index is 2.32. The van der Waals surface area contributed by atoms with Gasteiger partial charge in [0.2, 0.25) is 0 Å². The predicted molar refractivity (Wildman–Crippen MR) is 36.1 cm³/mol. The van der Waals surface area contributed by atoms with Crippen molar-refractivity contribution in [1.29, 1.82) is 0 Å². The summed E-state index contributed by atoms with van der Waals surface area (Å²) in [6.45, 7) is 2.88. The smallest absolute Gasteiger partial charge is 0.108 e. The molecule has 1 rings (SSSR count). The number of nitrogens with zero attached hydrogens (tertiary/aromatic N) is 1. The number of aliphatic hydroxyl groups excluding tert-OH is 1. The Morgan fingerprint density at radius 3 is 3.11 bits per heavy atom. The van der Waals surface area contributed by atoms with Crippen LogP contribution in [0, 0.1) is 0 Å². The average molecular weight is 130 g/mol. The number of rotatable bonds is 0. The van der Waals surface area contributed by atoms with Crippen LogP contribution in [0.2, 0.25) is 0 Å². The molecule has 0 radical (unpaired) electrons. The number of likely N-dealkylation sites (N-methyl/N-ethyl adjacent to an activating group) is 1. The van der Waals surface area contributed by atoms with Crippen molar-refractivity contribution in [1.82, 2.24) is 10.2 Å². The minimum atomic E-state index is -0.236. The quantitative estimate of drug-likeness (QED) is 0.452. The van der Waals surface area contributed by atoms with E-state index in [1.807, 2.05) is 11.9 Å². The lowest BCUT2D eigenvalue weighted by molar-refractivity contribution is 0.0268. The van der Waals surface area contributed by atoms with Crippen LogP contribution in [0.1, 0.15) is 6.42 Å². The van der Waals surface area contributed by atoms with Crippen molar-refractivity contribution in [2.24, 2.45) is 0 Å². The van der Waals surface area contributed by atoms with Gasteiger partial charge in [0, 0.05) is 13.1 Å². The Kier molecular flexibility index (Phi) is 2.45. The van der Waals surface area contributed by atoms with Crippen LogP contribution in [0.15, 0.2) is 0 Å². The molecule has 54 valence electrons. The molecule has 1 heterocycles. The van der Waals surface area contributed by atoms with Gasteiger partial charge in [0.05, 0.1) is 0 Å². The van der Waals surface area contributed by atoms with Gasteiger partial charge >= 0.3 is 0 Å². The first kappa shape index (κ1) is 6.99. The van der Waals surface area contributed by atoms with Crippen molar-refractivity contribution in [3.05, 3.63) is 0 Å². The molecule has 3 nitrogen and oxygen atoms in total. The molecule has 1 aliphatic heterocycles. The summed E-state index contributed by atoms with van der Waals surface area (Å²) in [4.78, 5) is 1.96. The normalized spacial score (nSPS) is 32.0. The third-order valence-electron chi connectivity index (χ3n) is 1.73. The summed E-state index contributed by atoms with van der Waals surface area (Å²) in [5.74, 6) is 0. The van der Waals surface area contributed by atoms with Gasteiger partial charge in [-0.15, -0.1) is 0 Å². The zero-order chi connectivity index (χ0) is 6.69. The molecule has 2 N–H and O–H groups in total. The first-order valence-electron chi connectivity index (χ1n) is 3.40. The van der Waals surface area contributed by atoms with Gasteiger partial charge in [-0.1, -0.05) is 0 Å². The van der Waals surface area contributed by atoms with E-state index in [-0.39, 0.29) is 6.23 Å². The second-order valence-corrected chi connectivity index (χ2v) is 2.50. The van der Waals surface area contributed by atoms with Crippen LogP contribution in [-0.4, -0.2) is 42.9 Å². The van der Waals surface area contributed by atoms with Crippen LogP contribution < -0.4 is 5.32 Å². The van der Waals surface area contributed by atoms with Gasteiger partial charge in [0.25, 0.3) is 0 Å². The summed E-state index contributed by atoms with van der Waals surface area (Å²) in [5, 5.41) is 12.4. The van der Waals surface area contributed by atoms with E-state index in [9.17, 15) is 5.11 Å². The standard InChI is InChI=1S/C6H14N2O/c1-8-5-4-7-3-2-6(8)9/h6-7,9H,2-5H2,1H3. The lowest BCUT2D eigenvalue weighted by Gasteiger charge is -2.18. The maximum absolute atomic E-state index is 9.24. The van der Waals surface area contributed by atoms with E-state index in [1.165, 1.54) is 0 Å². The Morgan fingerprint density at radius 1 is 1.56 bits per heavy atom. The number of hydrogen-bond acceptors (Lipinski definition) is 3. The van der Waals surface area contributed by atoms with Gasteiger partial charge in [-0.25, -0.2) is 0 Å². The van der Waals surface area contributed by atoms with Gasteiger partial charge in [-0.3, -0.25) is 4.90 Å². The molecule has 0 aromatic carbocycles. The van der Waals surface area contributed by atoms with Crippen LogP contribution >= 0.6 is 0 Å². The summed E-state index contributed by atoms with van der Waals surface area (Å²) >= 11 is 0. The van der Waals surface area contributed by atoms with E-state index in [0.29, 0.717) is 0 Å². The molecule has 0 saturated carbocycles. The molecular formula is C6H14N2O. The summed E-state index contributed by atoms with van der Waals surface area (Å²) in [6, 6.07) is 0. The van der Waals surface area contributed by atoms with Crippen molar-refractivity contribution in [3.8, 4) is 0 Å². The molecule has 1 aliphatic rings. The molecule has 0 aliphatic carbocycles. The molecule has 1 atom stereocenters. The van der Waals surface area contributed by atoms with E-state index in [4.69, 9.17) is 0 Å². The molecule has 0 spiro atoms. The van der Waals surface area contributed by atoms with Crippen molar-refractivity contribution in [2.45, 2.75) is 12.6 Å². The van der Waals surface area contributed by atoms with E-state index < -0.39 is 0 Å². The topological polar surface area (TPSA) is 35.5 Å². The highest BCUT2D eigenvalue weighted by Crippen LogP contribution is 1.98. The summed E-state index contributed by atoms with van der Waals surface area (Å²) in [5.41, 5.74) is 0. The molecule has 3 heteroatoms. The molecule has 1 fully saturated rings. The fraction of sp³-hybridized carbons (Fsp3) is 1.00. The lowest BCUT2D eigenvalue weighted by atomic mass is 10.4. The van der Waals surface area contributed by atoms with Gasteiger partial charge < -0.3 is 10.4 Å². The van der Waals surface area contributed by atoms with Crippen LogP contribution in [0.5, 0.6) is 0 Å². The largest absolute Gasteiger partial charge is 0.378 e. The minimum absolute atomic E-state index is 0.236. The fourth-order valence-corrected chi connectivity index (χ4v) is 0.981. The number of aliphatic hydroxyl groups is 1. The maximum Gasteiger partial charge on any atom is 0.108 e.